The fourth-order valence-corrected chi connectivity index (χ4v) is 4.87. The number of fused-ring (bicyclic) bond motifs is 1. The molecule has 0 spiro atoms. The number of carbonyl (C=O) groups is 1. The van der Waals surface area contributed by atoms with Crippen LogP contribution >= 0.6 is 0 Å². The van der Waals surface area contributed by atoms with Crippen molar-refractivity contribution in [3.8, 4) is 0 Å². The monoisotopic (exact) mass is 458 g/mol. The molecule has 0 atom stereocenters. The Kier molecular flexibility index (Phi) is 7.84. The lowest BCUT2D eigenvalue weighted by Crippen LogP contribution is -2.42. The molecule has 1 aliphatic heterocycles. The van der Waals surface area contributed by atoms with Gasteiger partial charge in [-0.15, -0.1) is 0 Å². The molecule has 180 valence electrons. The number of nitrogens with zero attached hydrogens (tertiary/aromatic N) is 3. The number of hydrogen-bond donors (Lipinski definition) is 1. The molecule has 1 aromatic heterocycles. The van der Waals surface area contributed by atoms with Gasteiger partial charge in [0, 0.05) is 36.6 Å². The molecule has 3 aromatic rings. The number of carbonyl (C=O) groups excluding carboxylic acids is 1. The standard InChI is InChI=1S/C29H38N4O/c1-5-6-22-7-9-23(10-8-22)11-14-29(34)30-24-12-13-27-26(20-24)21(2)19-28(31-27)33-17-15-25(16-18-33)32(3)4/h7-10,12-13,19-20,25H,5-6,11,14-18H2,1-4H3,(H,30,34). The number of benzene rings is 2. The van der Waals surface area contributed by atoms with Crippen LogP contribution in [-0.4, -0.2) is 49.0 Å². The smallest absolute Gasteiger partial charge is 0.224 e. The van der Waals surface area contributed by atoms with Gasteiger partial charge in [0.1, 0.15) is 5.82 Å². The van der Waals surface area contributed by atoms with Crippen LogP contribution in [0.3, 0.4) is 0 Å². The fourth-order valence-electron chi connectivity index (χ4n) is 4.87. The Morgan fingerprint density at radius 3 is 2.35 bits per heavy atom. The van der Waals surface area contributed by atoms with Crippen LogP contribution < -0.4 is 10.2 Å². The third-order valence-electron chi connectivity index (χ3n) is 7.01. The summed E-state index contributed by atoms with van der Waals surface area (Å²) in [6.45, 7) is 6.40. The first-order chi connectivity index (χ1) is 16.4. The predicted molar refractivity (Wildman–Crippen MR) is 143 cm³/mol. The van der Waals surface area contributed by atoms with Crippen LogP contribution in [-0.2, 0) is 17.6 Å². The Hall–Kier alpha value is -2.92. The maximum atomic E-state index is 12.6. The van der Waals surface area contributed by atoms with Gasteiger partial charge in [0.2, 0.25) is 5.91 Å². The Morgan fingerprint density at radius 1 is 1.03 bits per heavy atom. The lowest BCUT2D eigenvalue weighted by Gasteiger charge is -2.36. The zero-order valence-electron chi connectivity index (χ0n) is 21.1. The van der Waals surface area contributed by atoms with Crippen molar-refractivity contribution in [2.75, 3.05) is 37.4 Å². The quantitative estimate of drug-likeness (QED) is 0.477. The van der Waals surface area contributed by atoms with Crippen molar-refractivity contribution >= 4 is 28.3 Å². The van der Waals surface area contributed by atoms with Crippen molar-refractivity contribution in [2.45, 2.75) is 58.4 Å². The maximum Gasteiger partial charge on any atom is 0.224 e. The molecule has 1 N–H and O–H groups in total. The number of aromatic nitrogens is 1. The Balaban J connectivity index is 1.37. The Morgan fingerprint density at radius 2 is 1.71 bits per heavy atom. The molecular weight excluding hydrogens is 420 g/mol. The summed E-state index contributed by atoms with van der Waals surface area (Å²) in [4.78, 5) is 22.2. The van der Waals surface area contributed by atoms with Crippen molar-refractivity contribution in [3.63, 3.8) is 0 Å². The maximum absolute atomic E-state index is 12.6. The van der Waals surface area contributed by atoms with Gasteiger partial charge in [0.05, 0.1) is 5.52 Å². The van der Waals surface area contributed by atoms with Crippen LogP contribution in [0.5, 0.6) is 0 Å². The summed E-state index contributed by atoms with van der Waals surface area (Å²) < 4.78 is 0. The highest BCUT2D eigenvalue weighted by molar-refractivity contribution is 5.94. The Bertz CT molecular complexity index is 1110. The summed E-state index contributed by atoms with van der Waals surface area (Å²) in [6, 6.07) is 17.5. The largest absolute Gasteiger partial charge is 0.356 e. The molecule has 4 rings (SSSR count). The van der Waals surface area contributed by atoms with Gasteiger partial charge in [-0.3, -0.25) is 4.79 Å². The van der Waals surface area contributed by atoms with E-state index in [0.29, 0.717) is 12.5 Å². The summed E-state index contributed by atoms with van der Waals surface area (Å²) in [5, 5.41) is 4.17. The van der Waals surface area contributed by atoms with E-state index in [0.717, 1.165) is 54.8 Å². The average Bonchev–Trinajstić information content (AvgIpc) is 2.84. The predicted octanol–water partition coefficient (Wildman–Crippen LogP) is 5.60. The van der Waals surface area contributed by atoms with E-state index in [1.54, 1.807) is 0 Å². The SMILES string of the molecule is CCCc1ccc(CCC(=O)Nc2ccc3nc(N4CCC(N(C)C)CC4)cc(C)c3c2)cc1. The summed E-state index contributed by atoms with van der Waals surface area (Å²) in [5.74, 6) is 1.10. The van der Waals surface area contributed by atoms with Crippen molar-refractivity contribution in [3.05, 3.63) is 65.2 Å². The number of nitrogens with one attached hydrogen (secondary N) is 1. The number of rotatable bonds is 8. The molecule has 34 heavy (non-hydrogen) atoms. The summed E-state index contributed by atoms with van der Waals surface area (Å²) in [7, 11) is 4.33. The normalized spacial score (nSPS) is 14.7. The second-order valence-corrected chi connectivity index (χ2v) is 9.83. The van der Waals surface area contributed by atoms with E-state index < -0.39 is 0 Å². The lowest BCUT2D eigenvalue weighted by atomic mass is 10.0. The van der Waals surface area contributed by atoms with Gasteiger partial charge in [-0.05, 0) is 87.7 Å². The van der Waals surface area contributed by atoms with Crippen LogP contribution in [0, 0.1) is 6.92 Å². The number of anilines is 2. The summed E-state index contributed by atoms with van der Waals surface area (Å²) in [5.41, 5.74) is 5.57. The molecule has 2 aromatic carbocycles. The highest BCUT2D eigenvalue weighted by atomic mass is 16.1. The molecule has 1 aliphatic rings. The van der Waals surface area contributed by atoms with Crippen LogP contribution in [0.25, 0.3) is 10.9 Å². The lowest BCUT2D eigenvalue weighted by molar-refractivity contribution is -0.116. The van der Waals surface area contributed by atoms with E-state index in [4.69, 9.17) is 4.98 Å². The van der Waals surface area contributed by atoms with Crippen molar-refractivity contribution in [1.29, 1.82) is 0 Å². The molecule has 5 heteroatoms. The third-order valence-corrected chi connectivity index (χ3v) is 7.01. The molecule has 2 heterocycles. The van der Waals surface area contributed by atoms with E-state index in [1.165, 1.54) is 29.5 Å². The minimum absolute atomic E-state index is 0.0444. The highest BCUT2D eigenvalue weighted by Gasteiger charge is 2.22. The van der Waals surface area contributed by atoms with Crippen LogP contribution in [0.2, 0.25) is 0 Å². The van der Waals surface area contributed by atoms with E-state index in [-0.39, 0.29) is 5.91 Å². The summed E-state index contributed by atoms with van der Waals surface area (Å²) in [6.07, 6.45) is 5.82. The fraction of sp³-hybridized carbons (Fsp3) is 0.448. The Labute approximate surface area is 204 Å². The number of hydrogen-bond acceptors (Lipinski definition) is 4. The molecule has 0 bridgehead atoms. The second-order valence-electron chi connectivity index (χ2n) is 9.83. The van der Waals surface area contributed by atoms with Gasteiger partial charge in [0.25, 0.3) is 0 Å². The van der Waals surface area contributed by atoms with Crippen LogP contribution in [0.15, 0.2) is 48.5 Å². The molecule has 1 saturated heterocycles. The van der Waals surface area contributed by atoms with Crippen molar-refractivity contribution < 1.29 is 4.79 Å². The minimum Gasteiger partial charge on any atom is -0.356 e. The number of pyridine rings is 1. The van der Waals surface area contributed by atoms with Crippen molar-refractivity contribution in [1.82, 2.24) is 9.88 Å². The topological polar surface area (TPSA) is 48.5 Å². The van der Waals surface area contributed by atoms with Gasteiger partial charge >= 0.3 is 0 Å². The van der Waals surface area contributed by atoms with Gasteiger partial charge in [-0.1, -0.05) is 37.6 Å². The van der Waals surface area contributed by atoms with E-state index in [9.17, 15) is 4.79 Å². The number of piperidine rings is 1. The molecule has 0 saturated carbocycles. The van der Waals surface area contributed by atoms with Gasteiger partial charge in [-0.2, -0.15) is 0 Å². The third kappa shape index (κ3) is 5.95. The van der Waals surface area contributed by atoms with Crippen LogP contribution in [0.1, 0.15) is 49.3 Å². The van der Waals surface area contributed by atoms with Crippen LogP contribution in [0.4, 0.5) is 11.5 Å². The van der Waals surface area contributed by atoms with E-state index >= 15 is 0 Å². The molecule has 5 nitrogen and oxygen atoms in total. The first-order valence-electron chi connectivity index (χ1n) is 12.6. The molecular formula is C29H38N4O. The first-order valence-corrected chi connectivity index (χ1v) is 12.6. The van der Waals surface area contributed by atoms with Gasteiger partial charge in [0.15, 0.2) is 0 Å². The summed E-state index contributed by atoms with van der Waals surface area (Å²) >= 11 is 0. The first kappa shape index (κ1) is 24.2. The molecule has 0 aliphatic carbocycles. The van der Waals surface area contributed by atoms with Gasteiger partial charge < -0.3 is 15.1 Å². The molecule has 0 unspecified atom stereocenters. The van der Waals surface area contributed by atoms with Gasteiger partial charge in [-0.25, -0.2) is 4.98 Å². The molecule has 0 radical (unpaired) electrons. The zero-order valence-corrected chi connectivity index (χ0v) is 21.1. The second kappa shape index (κ2) is 11.0. The van der Waals surface area contributed by atoms with E-state index in [1.807, 2.05) is 12.1 Å². The number of aryl methyl sites for hydroxylation is 3. The number of amides is 1. The minimum atomic E-state index is 0.0444. The van der Waals surface area contributed by atoms with E-state index in [2.05, 4.69) is 79.5 Å². The zero-order chi connectivity index (χ0) is 24.1. The average molecular weight is 459 g/mol. The highest BCUT2D eigenvalue weighted by Crippen LogP contribution is 2.27. The van der Waals surface area contributed by atoms with Crippen molar-refractivity contribution in [2.24, 2.45) is 0 Å². The molecule has 1 fully saturated rings. The molecule has 1 amide bonds.